The molecule has 1 aromatic carbocycles. The third-order valence-electron chi connectivity index (χ3n) is 3.72. The zero-order valence-corrected chi connectivity index (χ0v) is 15.9. The molecule has 1 atom stereocenters. The van der Waals surface area contributed by atoms with Crippen molar-refractivity contribution in [2.75, 3.05) is 32.8 Å². The van der Waals surface area contributed by atoms with Crippen LogP contribution in [0, 0.1) is 0 Å². The summed E-state index contributed by atoms with van der Waals surface area (Å²) in [5.41, 5.74) is -0.0857. The summed E-state index contributed by atoms with van der Waals surface area (Å²) in [6, 6.07) is 6.61. The van der Waals surface area contributed by atoms with Crippen molar-refractivity contribution < 1.29 is 28.6 Å². The lowest BCUT2D eigenvalue weighted by atomic mass is 10.2. The van der Waals surface area contributed by atoms with Crippen LogP contribution in [0.1, 0.15) is 31.1 Å². The maximum Gasteiger partial charge on any atom is 0.407 e. The molecule has 2 rings (SSSR count). The number of rotatable bonds is 6. The highest BCUT2D eigenvalue weighted by Crippen LogP contribution is 2.13. The molecule has 1 N–H and O–H groups in total. The molecule has 1 fully saturated rings. The number of amides is 2. The first-order valence-electron chi connectivity index (χ1n) is 8.81. The number of carbonyl (C=O) groups is 3. The highest BCUT2D eigenvalue weighted by molar-refractivity contribution is 5.78. The zero-order valence-electron chi connectivity index (χ0n) is 15.9. The van der Waals surface area contributed by atoms with Gasteiger partial charge in [-0.1, -0.05) is 12.1 Å². The Balaban J connectivity index is 1.78. The highest BCUT2D eigenvalue weighted by Gasteiger charge is 2.25. The molecule has 0 unspecified atom stereocenters. The van der Waals surface area contributed by atoms with Crippen molar-refractivity contribution in [3.8, 4) is 5.75 Å². The maximum atomic E-state index is 12.4. The van der Waals surface area contributed by atoms with E-state index in [-0.39, 0.29) is 25.2 Å². The van der Waals surface area contributed by atoms with Crippen molar-refractivity contribution in [3.63, 3.8) is 0 Å². The second-order valence-corrected chi connectivity index (χ2v) is 7.19. The summed E-state index contributed by atoms with van der Waals surface area (Å²) in [7, 11) is 0. The predicted octanol–water partition coefficient (Wildman–Crippen LogP) is 1.63. The number of ether oxygens (including phenoxy) is 3. The van der Waals surface area contributed by atoms with E-state index in [2.05, 4.69) is 5.32 Å². The Kier molecular flexibility index (Phi) is 7.18. The number of aldehydes is 1. The van der Waals surface area contributed by atoms with Crippen molar-refractivity contribution in [2.45, 2.75) is 32.5 Å². The molecule has 1 aliphatic rings. The van der Waals surface area contributed by atoms with Crippen LogP contribution in [-0.4, -0.2) is 67.7 Å². The normalized spacial score (nSPS) is 17.1. The van der Waals surface area contributed by atoms with Crippen LogP contribution < -0.4 is 10.1 Å². The first kappa shape index (κ1) is 20.7. The number of nitrogens with one attached hydrogen (secondary N) is 1. The molecule has 2 amide bonds. The van der Waals surface area contributed by atoms with Crippen molar-refractivity contribution in [1.82, 2.24) is 10.2 Å². The Morgan fingerprint density at radius 3 is 2.85 bits per heavy atom. The molecule has 1 saturated heterocycles. The van der Waals surface area contributed by atoms with E-state index in [0.29, 0.717) is 31.0 Å². The van der Waals surface area contributed by atoms with Crippen molar-refractivity contribution >= 4 is 18.3 Å². The van der Waals surface area contributed by atoms with Crippen LogP contribution in [0.25, 0.3) is 0 Å². The Morgan fingerprint density at radius 1 is 1.37 bits per heavy atom. The van der Waals surface area contributed by atoms with Crippen LogP contribution in [0.2, 0.25) is 0 Å². The van der Waals surface area contributed by atoms with Gasteiger partial charge in [0.2, 0.25) is 0 Å². The molecule has 148 valence electrons. The fraction of sp³-hybridized carbons (Fsp3) is 0.526. The van der Waals surface area contributed by atoms with Gasteiger partial charge in [-0.15, -0.1) is 0 Å². The number of alkyl carbamates (subject to hydrolysis) is 1. The third kappa shape index (κ3) is 7.26. The fourth-order valence-electron chi connectivity index (χ4n) is 2.49. The third-order valence-corrected chi connectivity index (χ3v) is 3.72. The highest BCUT2D eigenvalue weighted by atomic mass is 16.6. The predicted molar refractivity (Wildman–Crippen MR) is 97.9 cm³/mol. The Labute approximate surface area is 158 Å². The van der Waals surface area contributed by atoms with E-state index in [9.17, 15) is 14.4 Å². The minimum atomic E-state index is -0.571. The summed E-state index contributed by atoms with van der Waals surface area (Å²) in [6.45, 7) is 6.67. The maximum absolute atomic E-state index is 12.4. The lowest BCUT2D eigenvalue weighted by Gasteiger charge is -2.33. The lowest BCUT2D eigenvalue weighted by Crippen LogP contribution is -2.51. The molecule has 8 nitrogen and oxygen atoms in total. The van der Waals surface area contributed by atoms with Crippen LogP contribution in [0.15, 0.2) is 24.3 Å². The van der Waals surface area contributed by atoms with Gasteiger partial charge in [-0.3, -0.25) is 9.59 Å². The quantitative estimate of drug-likeness (QED) is 0.756. The molecule has 8 heteroatoms. The van der Waals surface area contributed by atoms with Gasteiger partial charge in [-0.2, -0.15) is 0 Å². The van der Waals surface area contributed by atoms with E-state index in [1.807, 2.05) is 0 Å². The number of morpholine rings is 1. The SMILES string of the molecule is CC(C)(C)OC(=O)NC[C@H]1CN(C(=O)COc2cccc(C=O)c2)CCO1. The summed E-state index contributed by atoms with van der Waals surface area (Å²) >= 11 is 0. The summed E-state index contributed by atoms with van der Waals surface area (Å²) in [5, 5.41) is 2.65. The van der Waals surface area contributed by atoms with E-state index in [0.717, 1.165) is 6.29 Å². The molecular formula is C19H26N2O6. The van der Waals surface area contributed by atoms with E-state index >= 15 is 0 Å². The Hall–Kier alpha value is -2.61. The number of carbonyl (C=O) groups excluding carboxylic acids is 3. The fourth-order valence-corrected chi connectivity index (χ4v) is 2.49. The van der Waals surface area contributed by atoms with Gasteiger partial charge in [0.05, 0.1) is 12.7 Å². The second kappa shape index (κ2) is 9.36. The van der Waals surface area contributed by atoms with Crippen molar-refractivity contribution in [2.24, 2.45) is 0 Å². The van der Waals surface area contributed by atoms with Crippen LogP contribution >= 0.6 is 0 Å². The molecule has 0 spiro atoms. The molecule has 0 bridgehead atoms. The van der Waals surface area contributed by atoms with Crippen LogP contribution in [0.5, 0.6) is 5.75 Å². The van der Waals surface area contributed by atoms with Gasteiger partial charge in [0.1, 0.15) is 17.6 Å². The number of hydrogen-bond acceptors (Lipinski definition) is 6. The standard InChI is InChI=1S/C19H26N2O6/c1-19(2,3)27-18(24)20-10-16-11-21(7-8-25-16)17(23)13-26-15-6-4-5-14(9-15)12-22/h4-6,9,12,16H,7-8,10-11,13H2,1-3H3,(H,20,24)/t16-/m0/s1. The number of benzene rings is 1. The van der Waals surface area contributed by atoms with Gasteiger partial charge < -0.3 is 24.4 Å². The van der Waals surface area contributed by atoms with Crippen LogP contribution in [0.4, 0.5) is 4.79 Å². The second-order valence-electron chi connectivity index (χ2n) is 7.19. The minimum absolute atomic E-state index is 0.130. The topological polar surface area (TPSA) is 94.2 Å². The van der Waals surface area contributed by atoms with Gasteiger partial charge in [0, 0.05) is 25.2 Å². The van der Waals surface area contributed by atoms with Gasteiger partial charge in [0.25, 0.3) is 5.91 Å². The smallest absolute Gasteiger partial charge is 0.407 e. The molecule has 0 aromatic heterocycles. The molecule has 0 saturated carbocycles. The van der Waals surface area contributed by atoms with Gasteiger partial charge in [0.15, 0.2) is 6.61 Å². The van der Waals surface area contributed by atoms with Gasteiger partial charge in [-0.25, -0.2) is 4.79 Å². The zero-order chi connectivity index (χ0) is 19.9. The lowest BCUT2D eigenvalue weighted by molar-refractivity contribution is -0.140. The summed E-state index contributed by atoms with van der Waals surface area (Å²) in [6.07, 6.45) is -0.111. The minimum Gasteiger partial charge on any atom is -0.484 e. The Morgan fingerprint density at radius 2 is 2.15 bits per heavy atom. The Bertz CT molecular complexity index is 670. The summed E-state index contributed by atoms with van der Waals surface area (Å²) in [4.78, 5) is 36.5. The molecular weight excluding hydrogens is 352 g/mol. The number of hydrogen-bond donors (Lipinski definition) is 1. The molecule has 1 heterocycles. The summed E-state index contributed by atoms with van der Waals surface area (Å²) < 4.78 is 16.2. The average molecular weight is 378 g/mol. The van der Waals surface area contributed by atoms with Crippen molar-refractivity contribution in [3.05, 3.63) is 29.8 Å². The monoisotopic (exact) mass is 378 g/mol. The van der Waals surface area contributed by atoms with E-state index in [4.69, 9.17) is 14.2 Å². The number of nitrogens with zero attached hydrogens (tertiary/aromatic N) is 1. The summed E-state index contributed by atoms with van der Waals surface area (Å²) in [5.74, 6) is 0.279. The largest absolute Gasteiger partial charge is 0.484 e. The van der Waals surface area contributed by atoms with Gasteiger partial charge >= 0.3 is 6.09 Å². The van der Waals surface area contributed by atoms with Crippen molar-refractivity contribution in [1.29, 1.82) is 0 Å². The molecule has 1 aliphatic heterocycles. The first-order chi connectivity index (χ1) is 12.8. The molecule has 1 aromatic rings. The van der Waals surface area contributed by atoms with E-state index in [1.165, 1.54) is 0 Å². The molecule has 27 heavy (non-hydrogen) atoms. The molecule has 0 aliphatic carbocycles. The van der Waals surface area contributed by atoms with E-state index in [1.54, 1.807) is 49.9 Å². The molecule has 0 radical (unpaired) electrons. The first-order valence-corrected chi connectivity index (χ1v) is 8.81. The van der Waals surface area contributed by atoms with Gasteiger partial charge in [-0.05, 0) is 32.9 Å². The van der Waals surface area contributed by atoms with Crippen LogP contribution in [-0.2, 0) is 14.3 Å². The van der Waals surface area contributed by atoms with Crippen LogP contribution in [0.3, 0.4) is 0 Å². The average Bonchev–Trinajstić information content (AvgIpc) is 2.63. The van der Waals surface area contributed by atoms with E-state index < -0.39 is 11.7 Å².